The maximum Gasteiger partial charge on any atom is 0.163 e. The van der Waals surface area contributed by atoms with Gasteiger partial charge in [-0.05, 0) is 47.5 Å². The average molecular weight is 375 g/mol. The van der Waals surface area contributed by atoms with Crippen LogP contribution in [0.4, 0.5) is 5.82 Å². The van der Waals surface area contributed by atoms with E-state index in [0.717, 1.165) is 34.5 Å². The second-order valence-electron chi connectivity index (χ2n) is 4.35. The summed E-state index contributed by atoms with van der Waals surface area (Å²) in [5.41, 5.74) is 1.63. The Kier molecular flexibility index (Phi) is 5.24. The van der Waals surface area contributed by atoms with Crippen molar-refractivity contribution in [2.45, 2.75) is 20.3 Å². The zero-order valence-corrected chi connectivity index (χ0v) is 14.3. The fourth-order valence-corrected chi connectivity index (χ4v) is 2.52. The molecular formula is C14H14BrCl2N3. The van der Waals surface area contributed by atoms with Gasteiger partial charge in [0.25, 0.3) is 0 Å². The van der Waals surface area contributed by atoms with E-state index in [1.165, 1.54) is 0 Å². The Bertz CT molecular complexity index is 632. The summed E-state index contributed by atoms with van der Waals surface area (Å²) in [5, 5.41) is 4.41. The monoisotopic (exact) mass is 373 g/mol. The zero-order valence-electron chi connectivity index (χ0n) is 11.2. The smallest absolute Gasteiger partial charge is 0.163 e. The molecule has 106 valence electrons. The van der Waals surface area contributed by atoms with Crippen molar-refractivity contribution < 1.29 is 0 Å². The van der Waals surface area contributed by atoms with Crippen LogP contribution in [-0.2, 0) is 0 Å². The van der Waals surface area contributed by atoms with Crippen LogP contribution < -0.4 is 5.32 Å². The summed E-state index contributed by atoms with van der Waals surface area (Å²) in [6, 6.07) is 5.30. The predicted molar refractivity (Wildman–Crippen MR) is 88.7 cm³/mol. The number of nitrogens with zero attached hydrogens (tertiary/aromatic N) is 2. The third-order valence-electron chi connectivity index (χ3n) is 2.73. The second-order valence-corrected chi connectivity index (χ2v) is 5.98. The van der Waals surface area contributed by atoms with Crippen LogP contribution in [-0.4, -0.2) is 16.5 Å². The van der Waals surface area contributed by atoms with Crippen LogP contribution in [0, 0.1) is 6.92 Å². The molecule has 1 aromatic heterocycles. The highest BCUT2D eigenvalue weighted by Crippen LogP contribution is 2.31. The lowest BCUT2D eigenvalue weighted by atomic mass is 10.2. The highest BCUT2D eigenvalue weighted by molar-refractivity contribution is 9.10. The van der Waals surface area contributed by atoms with Crippen molar-refractivity contribution in [2.75, 3.05) is 11.9 Å². The van der Waals surface area contributed by atoms with Crippen LogP contribution in [0.15, 0.2) is 22.7 Å². The number of halogens is 3. The molecule has 3 nitrogen and oxygen atoms in total. The molecule has 2 rings (SSSR count). The standard InChI is InChI=1S/C14H14BrCl2N3/c1-3-6-18-14-12(15)8(2)19-13(20-14)10-5-4-9(16)7-11(10)17/h4-5,7H,3,6H2,1-2H3,(H,18,19,20). The number of rotatable bonds is 4. The van der Waals surface area contributed by atoms with E-state index in [4.69, 9.17) is 23.2 Å². The molecule has 1 N–H and O–H groups in total. The molecule has 0 unspecified atom stereocenters. The van der Waals surface area contributed by atoms with Gasteiger partial charge < -0.3 is 5.32 Å². The van der Waals surface area contributed by atoms with E-state index in [1.807, 2.05) is 13.0 Å². The molecule has 20 heavy (non-hydrogen) atoms. The summed E-state index contributed by atoms with van der Waals surface area (Å²) in [6.07, 6.45) is 1.02. The molecule has 1 heterocycles. The molecule has 2 aromatic rings. The van der Waals surface area contributed by atoms with Crippen LogP contribution >= 0.6 is 39.1 Å². The Hall–Kier alpha value is -0.840. The van der Waals surface area contributed by atoms with Crippen LogP contribution in [0.5, 0.6) is 0 Å². The van der Waals surface area contributed by atoms with E-state index in [2.05, 4.69) is 38.1 Å². The molecule has 0 amide bonds. The van der Waals surface area contributed by atoms with E-state index in [1.54, 1.807) is 12.1 Å². The Morgan fingerprint density at radius 2 is 2.00 bits per heavy atom. The predicted octanol–water partition coefficient (Wildman–Crippen LogP) is 5.34. The summed E-state index contributed by atoms with van der Waals surface area (Å²) in [5.74, 6) is 1.37. The topological polar surface area (TPSA) is 37.8 Å². The minimum Gasteiger partial charge on any atom is -0.369 e. The maximum atomic E-state index is 6.22. The molecule has 0 bridgehead atoms. The number of hydrogen-bond donors (Lipinski definition) is 1. The first-order valence-corrected chi connectivity index (χ1v) is 7.81. The van der Waals surface area contributed by atoms with Crippen molar-refractivity contribution in [3.8, 4) is 11.4 Å². The van der Waals surface area contributed by atoms with Crippen LogP contribution in [0.3, 0.4) is 0 Å². The van der Waals surface area contributed by atoms with E-state index >= 15 is 0 Å². The van der Waals surface area contributed by atoms with Crippen LogP contribution in [0.1, 0.15) is 19.0 Å². The molecule has 1 aromatic carbocycles. The maximum absolute atomic E-state index is 6.22. The fourth-order valence-electron chi connectivity index (χ4n) is 1.71. The van der Waals surface area contributed by atoms with Crippen molar-refractivity contribution in [2.24, 2.45) is 0 Å². The third-order valence-corrected chi connectivity index (χ3v) is 4.23. The fraction of sp³-hybridized carbons (Fsp3) is 0.286. The molecule has 0 radical (unpaired) electrons. The Balaban J connectivity index is 2.48. The minimum atomic E-state index is 0.542. The molecule has 0 saturated heterocycles. The van der Waals surface area contributed by atoms with Crippen molar-refractivity contribution >= 4 is 44.9 Å². The van der Waals surface area contributed by atoms with Gasteiger partial charge in [-0.3, -0.25) is 0 Å². The number of hydrogen-bond acceptors (Lipinski definition) is 3. The van der Waals surface area contributed by atoms with Gasteiger partial charge in [-0.25, -0.2) is 9.97 Å². The average Bonchev–Trinajstić information content (AvgIpc) is 2.40. The lowest BCUT2D eigenvalue weighted by Crippen LogP contribution is -2.06. The van der Waals surface area contributed by atoms with Gasteiger partial charge in [0, 0.05) is 17.1 Å². The SMILES string of the molecule is CCCNc1nc(-c2ccc(Cl)cc2Cl)nc(C)c1Br. The van der Waals surface area contributed by atoms with Gasteiger partial charge in [0.1, 0.15) is 5.82 Å². The van der Waals surface area contributed by atoms with Crippen molar-refractivity contribution in [1.29, 1.82) is 0 Å². The highest BCUT2D eigenvalue weighted by atomic mass is 79.9. The lowest BCUT2D eigenvalue weighted by Gasteiger charge is -2.11. The van der Waals surface area contributed by atoms with Gasteiger partial charge in [0.2, 0.25) is 0 Å². The van der Waals surface area contributed by atoms with E-state index in [-0.39, 0.29) is 0 Å². The van der Waals surface area contributed by atoms with Gasteiger partial charge in [-0.15, -0.1) is 0 Å². The molecule has 0 fully saturated rings. The summed E-state index contributed by atoms with van der Waals surface area (Å²) < 4.78 is 0.875. The minimum absolute atomic E-state index is 0.542. The molecular weight excluding hydrogens is 361 g/mol. The van der Waals surface area contributed by atoms with Gasteiger partial charge in [0.15, 0.2) is 5.82 Å². The molecule has 6 heteroatoms. The summed E-state index contributed by atoms with van der Waals surface area (Å²) in [6.45, 7) is 4.88. The first kappa shape index (κ1) is 15.5. The normalized spacial score (nSPS) is 10.7. The zero-order chi connectivity index (χ0) is 14.7. The molecule has 0 atom stereocenters. The molecule has 0 saturated carbocycles. The summed E-state index contributed by atoms with van der Waals surface area (Å²) in [7, 11) is 0. The van der Waals surface area contributed by atoms with E-state index < -0.39 is 0 Å². The Morgan fingerprint density at radius 3 is 2.65 bits per heavy atom. The molecule has 0 aliphatic rings. The molecule has 0 aliphatic carbocycles. The summed E-state index contributed by atoms with van der Waals surface area (Å²) >= 11 is 15.6. The Morgan fingerprint density at radius 1 is 1.25 bits per heavy atom. The van der Waals surface area contributed by atoms with Gasteiger partial charge in [-0.2, -0.15) is 0 Å². The quantitative estimate of drug-likeness (QED) is 0.784. The van der Waals surface area contributed by atoms with Crippen molar-refractivity contribution in [3.63, 3.8) is 0 Å². The van der Waals surface area contributed by atoms with Crippen LogP contribution in [0.25, 0.3) is 11.4 Å². The molecule has 0 aliphatic heterocycles. The number of benzene rings is 1. The van der Waals surface area contributed by atoms with Gasteiger partial charge in [-0.1, -0.05) is 30.1 Å². The lowest BCUT2D eigenvalue weighted by molar-refractivity contribution is 0.958. The van der Waals surface area contributed by atoms with Crippen molar-refractivity contribution in [1.82, 2.24) is 9.97 Å². The van der Waals surface area contributed by atoms with Gasteiger partial charge >= 0.3 is 0 Å². The number of aryl methyl sites for hydroxylation is 1. The largest absolute Gasteiger partial charge is 0.369 e. The van der Waals surface area contributed by atoms with E-state index in [9.17, 15) is 0 Å². The second kappa shape index (κ2) is 6.74. The third kappa shape index (κ3) is 3.43. The van der Waals surface area contributed by atoms with E-state index in [0.29, 0.717) is 15.9 Å². The first-order valence-electron chi connectivity index (χ1n) is 6.26. The number of nitrogens with one attached hydrogen (secondary N) is 1. The molecule has 0 spiro atoms. The number of aromatic nitrogens is 2. The van der Waals surface area contributed by atoms with Crippen LogP contribution in [0.2, 0.25) is 10.0 Å². The van der Waals surface area contributed by atoms with Gasteiger partial charge in [0.05, 0.1) is 15.2 Å². The highest BCUT2D eigenvalue weighted by Gasteiger charge is 2.13. The number of anilines is 1. The first-order chi connectivity index (χ1) is 9.52. The Labute approximate surface area is 136 Å². The van der Waals surface area contributed by atoms with Crippen molar-refractivity contribution in [3.05, 3.63) is 38.4 Å². The summed E-state index contributed by atoms with van der Waals surface area (Å²) in [4.78, 5) is 9.01.